The highest BCUT2D eigenvalue weighted by atomic mass is 32.2. The van der Waals surface area contributed by atoms with Gasteiger partial charge in [0.05, 0.1) is 11.2 Å². The molecule has 1 rings (SSSR count). The van der Waals surface area contributed by atoms with Crippen molar-refractivity contribution in [1.82, 2.24) is 10.3 Å². The summed E-state index contributed by atoms with van der Waals surface area (Å²) in [5, 5.41) is 4.22. The molecule has 1 atom stereocenters. The molecule has 0 fully saturated rings. The van der Waals surface area contributed by atoms with E-state index in [4.69, 9.17) is 11.5 Å². The molecule has 1 amide bonds. The predicted octanol–water partition coefficient (Wildman–Crippen LogP) is 0.284. The molecule has 0 aromatic carbocycles. The van der Waals surface area contributed by atoms with Gasteiger partial charge in [0.15, 0.2) is 5.96 Å². The normalized spacial score (nSPS) is 11.8. The SMILES string of the molecule is CNC(=O)CCSC(N=C(N)N)c1cscn1. The number of amides is 1. The van der Waals surface area contributed by atoms with Gasteiger partial charge in [0, 0.05) is 24.6 Å². The number of thiazole rings is 1. The number of guanidine groups is 1. The fourth-order valence-corrected chi connectivity index (χ4v) is 2.74. The van der Waals surface area contributed by atoms with E-state index < -0.39 is 0 Å². The number of thioether (sulfide) groups is 1. The number of aromatic nitrogens is 1. The summed E-state index contributed by atoms with van der Waals surface area (Å²) in [6, 6.07) is 0. The first kappa shape index (κ1) is 13.8. The Kier molecular flexibility index (Phi) is 5.78. The zero-order valence-corrected chi connectivity index (χ0v) is 11.1. The smallest absolute Gasteiger partial charge is 0.220 e. The van der Waals surface area contributed by atoms with E-state index in [9.17, 15) is 4.79 Å². The highest BCUT2D eigenvalue weighted by Crippen LogP contribution is 2.30. The molecule has 5 N–H and O–H groups in total. The fourth-order valence-electron chi connectivity index (χ4n) is 1.06. The molecule has 1 aromatic heterocycles. The second-order valence-electron chi connectivity index (χ2n) is 3.11. The highest BCUT2D eigenvalue weighted by Gasteiger charge is 2.13. The van der Waals surface area contributed by atoms with Crippen molar-refractivity contribution in [1.29, 1.82) is 0 Å². The Balaban J connectivity index is 2.54. The van der Waals surface area contributed by atoms with Gasteiger partial charge in [-0.2, -0.15) is 0 Å². The summed E-state index contributed by atoms with van der Waals surface area (Å²) >= 11 is 2.97. The number of aliphatic imine (C=N–C) groups is 1. The van der Waals surface area contributed by atoms with Crippen LogP contribution < -0.4 is 16.8 Å². The van der Waals surface area contributed by atoms with Crippen molar-refractivity contribution in [2.75, 3.05) is 12.8 Å². The van der Waals surface area contributed by atoms with Crippen LogP contribution in [-0.4, -0.2) is 29.7 Å². The molecule has 0 aliphatic rings. The molecule has 0 saturated heterocycles. The second-order valence-corrected chi connectivity index (χ2v) is 5.02. The minimum atomic E-state index is -0.240. The summed E-state index contributed by atoms with van der Waals surface area (Å²) in [6.07, 6.45) is 0.432. The lowest BCUT2D eigenvalue weighted by molar-refractivity contribution is -0.120. The third-order valence-electron chi connectivity index (χ3n) is 1.85. The van der Waals surface area contributed by atoms with E-state index in [1.807, 2.05) is 5.38 Å². The largest absolute Gasteiger partial charge is 0.370 e. The minimum absolute atomic E-state index is 0.000715. The lowest BCUT2D eigenvalue weighted by atomic mass is 10.5. The van der Waals surface area contributed by atoms with E-state index in [-0.39, 0.29) is 17.2 Å². The molecule has 0 aliphatic carbocycles. The molecular weight excluding hydrogens is 258 g/mol. The Morgan fingerprint density at radius 3 is 3.00 bits per heavy atom. The van der Waals surface area contributed by atoms with Crippen LogP contribution in [0.2, 0.25) is 0 Å². The number of nitrogens with zero attached hydrogens (tertiary/aromatic N) is 2. The second kappa shape index (κ2) is 7.13. The van der Waals surface area contributed by atoms with Gasteiger partial charge in [0.25, 0.3) is 0 Å². The summed E-state index contributed by atoms with van der Waals surface area (Å²) in [5.74, 6) is 0.660. The number of rotatable bonds is 6. The van der Waals surface area contributed by atoms with Crippen LogP contribution in [0.4, 0.5) is 0 Å². The number of carbonyl (C=O) groups excluding carboxylic acids is 1. The number of carbonyl (C=O) groups is 1. The van der Waals surface area contributed by atoms with Crippen LogP contribution in [-0.2, 0) is 4.79 Å². The lowest BCUT2D eigenvalue weighted by Gasteiger charge is -2.09. The van der Waals surface area contributed by atoms with E-state index >= 15 is 0 Å². The zero-order chi connectivity index (χ0) is 12.7. The van der Waals surface area contributed by atoms with Gasteiger partial charge in [-0.25, -0.2) is 9.98 Å². The Morgan fingerprint density at radius 1 is 1.71 bits per heavy atom. The van der Waals surface area contributed by atoms with Gasteiger partial charge in [-0.15, -0.1) is 23.1 Å². The molecule has 0 saturated carbocycles. The minimum Gasteiger partial charge on any atom is -0.370 e. The lowest BCUT2D eigenvalue weighted by Crippen LogP contribution is -2.23. The first-order chi connectivity index (χ1) is 8.13. The topological polar surface area (TPSA) is 106 Å². The zero-order valence-electron chi connectivity index (χ0n) is 9.42. The maximum Gasteiger partial charge on any atom is 0.220 e. The van der Waals surface area contributed by atoms with Crippen LogP contribution in [0.1, 0.15) is 17.5 Å². The van der Waals surface area contributed by atoms with Crippen LogP contribution in [0.3, 0.4) is 0 Å². The van der Waals surface area contributed by atoms with Crippen molar-refractivity contribution < 1.29 is 4.79 Å². The van der Waals surface area contributed by atoms with E-state index in [0.29, 0.717) is 12.2 Å². The van der Waals surface area contributed by atoms with Crippen molar-refractivity contribution in [3.63, 3.8) is 0 Å². The summed E-state index contributed by atoms with van der Waals surface area (Å²) < 4.78 is 0. The third kappa shape index (κ3) is 5.05. The summed E-state index contributed by atoms with van der Waals surface area (Å²) in [7, 11) is 1.61. The first-order valence-corrected chi connectivity index (χ1v) is 6.91. The summed E-state index contributed by atoms with van der Waals surface area (Å²) in [4.78, 5) is 19.3. The monoisotopic (exact) mass is 273 g/mol. The van der Waals surface area contributed by atoms with Crippen LogP contribution in [0.5, 0.6) is 0 Å². The van der Waals surface area contributed by atoms with E-state index in [0.717, 1.165) is 5.69 Å². The average molecular weight is 273 g/mol. The van der Waals surface area contributed by atoms with Crippen LogP contribution in [0.25, 0.3) is 0 Å². The maximum atomic E-state index is 11.1. The number of hydrogen-bond acceptors (Lipinski definition) is 5. The predicted molar refractivity (Wildman–Crippen MR) is 71.8 cm³/mol. The molecule has 0 radical (unpaired) electrons. The standard InChI is InChI=1S/C9H15N5OS2/c1-12-7(15)2-3-17-8(14-9(10)11)6-4-16-5-13-6/h4-5,8H,2-3H2,1H3,(H,12,15)(H4,10,11,14). The van der Waals surface area contributed by atoms with Crippen molar-refractivity contribution in [3.05, 3.63) is 16.6 Å². The van der Waals surface area contributed by atoms with Crippen molar-refractivity contribution in [2.45, 2.75) is 11.8 Å². The van der Waals surface area contributed by atoms with Crippen molar-refractivity contribution in [3.8, 4) is 0 Å². The molecule has 1 aromatic rings. The van der Waals surface area contributed by atoms with E-state index in [2.05, 4.69) is 15.3 Å². The Morgan fingerprint density at radius 2 is 2.47 bits per heavy atom. The van der Waals surface area contributed by atoms with Gasteiger partial charge in [-0.05, 0) is 0 Å². The molecule has 17 heavy (non-hydrogen) atoms. The number of hydrogen-bond donors (Lipinski definition) is 3. The molecule has 8 heteroatoms. The average Bonchev–Trinajstić information content (AvgIpc) is 2.80. The Labute approximate surface area is 108 Å². The molecule has 6 nitrogen and oxygen atoms in total. The molecule has 1 heterocycles. The van der Waals surface area contributed by atoms with Gasteiger partial charge in [-0.3, -0.25) is 4.79 Å². The van der Waals surface area contributed by atoms with Gasteiger partial charge in [0.1, 0.15) is 5.37 Å². The molecule has 1 unspecified atom stereocenters. The molecular formula is C9H15N5OS2. The van der Waals surface area contributed by atoms with E-state index in [1.54, 1.807) is 12.6 Å². The molecule has 0 bridgehead atoms. The summed E-state index contributed by atoms with van der Waals surface area (Å²) in [6.45, 7) is 0. The van der Waals surface area contributed by atoms with Gasteiger partial charge < -0.3 is 16.8 Å². The van der Waals surface area contributed by atoms with Crippen molar-refractivity contribution >= 4 is 35.0 Å². The number of nitrogens with two attached hydrogens (primary N) is 2. The van der Waals surface area contributed by atoms with Crippen LogP contribution in [0, 0.1) is 0 Å². The highest BCUT2D eigenvalue weighted by molar-refractivity contribution is 7.99. The van der Waals surface area contributed by atoms with Gasteiger partial charge >= 0.3 is 0 Å². The van der Waals surface area contributed by atoms with Crippen molar-refractivity contribution in [2.24, 2.45) is 16.5 Å². The van der Waals surface area contributed by atoms with Crippen LogP contribution >= 0.6 is 23.1 Å². The molecule has 0 aliphatic heterocycles. The quantitative estimate of drug-likeness (QED) is 0.510. The van der Waals surface area contributed by atoms with Gasteiger partial charge in [0.2, 0.25) is 5.91 Å². The fraction of sp³-hybridized carbons (Fsp3) is 0.444. The summed E-state index contributed by atoms with van der Waals surface area (Å²) in [5.41, 5.74) is 13.3. The van der Waals surface area contributed by atoms with Crippen LogP contribution in [0.15, 0.2) is 15.9 Å². The number of nitrogens with one attached hydrogen (secondary N) is 1. The van der Waals surface area contributed by atoms with E-state index in [1.165, 1.54) is 23.1 Å². The van der Waals surface area contributed by atoms with Gasteiger partial charge in [-0.1, -0.05) is 0 Å². The molecule has 0 spiro atoms. The first-order valence-electron chi connectivity index (χ1n) is 4.92. The maximum absolute atomic E-state index is 11.1. The Bertz CT molecular complexity index is 375. The Hall–Kier alpha value is -1.28. The third-order valence-corrected chi connectivity index (χ3v) is 3.56. The molecule has 94 valence electrons.